The van der Waals surface area contributed by atoms with Crippen LogP contribution in [0.15, 0.2) is 53.5 Å². The van der Waals surface area contributed by atoms with Gasteiger partial charge in [-0.15, -0.1) is 24.0 Å². The van der Waals surface area contributed by atoms with Crippen molar-refractivity contribution < 1.29 is 14.2 Å². The first-order chi connectivity index (χ1) is 13.6. The number of benzene rings is 2. The number of halogens is 1. The molecular formula is C22H32IN3O3. The predicted octanol–water partition coefficient (Wildman–Crippen LogP) is 3.77. The first-order valence-corrected chi connectivity index (χ1v) is 9.49. The Morgan fingerprint density at radius 1 is 1.03 bits per heavy atom. The van der Waals surface area contributed by atoms with Gasteiger partial charge in [0.15, 0.2) is 5.96 Å². The maximum Gasteiger partial charge on any atom is 0.191 e. The minimum Gasteiger partial charge on any atom is -0.491 e. The molecule has 160 valence electrons. The minimum atomic E-state index is 0. The Kier molecular flexibility index (Phi) is 12.1. The molecule has 7 heteroatoms. The van der Waals surface area contributed by atoms with Crippen molar-refractivity contribution in [1.82, 2.24) is 10.6 Å². The largest absolute Gasteiger partial charge is 0.491 e. The van der Waals surface area contributed by atoms with Crippen LogP contribution in [0.3, 0.4) is 0 Å². The molecule has 0 fully saturated rings. The molecule has 6 nitrogen and oxygen atoms in total. The van der Waals surface area contributed by atoms with Crippen molar-refractivity contribution in [3.8, 4) is 11.5 Å². The lowest BCUT2D eigenvalue weighted by Gasteiger charge is -2.18. The van der Waals surface area contributed by atoms with Crippen molar-refractivity contribution in [3.63, 3.8) is 0 Å². The van der Waals surface area contributed by atoms with Gasteiger partial charge < -0.3 is 24.8 Å². The average Bonchev–Trinajstić information content (AvgIpc) is 2.69. The molecule has 1 unspecified atom stereocenters. The van der Waals surface area contributed by atoms with Crippen molar-refractivity contribution in [2.45, 2.75) is 26.5 Å². The van der Waals surface area contributed by atoms with E-state index >= 15 is 0 Å². The molecule has 2 aromatic carbocycles. The van der Waals surface area contributed by atoms with Gasteiger partial charge in [0.1, 0.15) is 24.2 Å². The van der Waals surface area contributed by atoms with Gasteiger partial charge in [0.25, 0.3) is 0 Å². The first-order valence-electron chi connectivity index (χ1n) is 9.49. The summed E-state index contributed by atoms with van der Waals surface area (Å²) in [5.74, 6) is 2.44. The van der Waals surface area contributed by atoms with E-state index in [-0.39, 0.29) is 30.1 Å². The van der Waals surface area contributed by atoms with Crippen LogP contribution in [0.25, 0.3) is 0 Å². The molecular weight excluding hydrogens is 481 g/mol. The number of methoxy groups -OCH3 is 1. The molecule has 1 atom stereocenters. The zero-order chi connectivity index (χ0) is 20.2. The molecule has 29 heavy (non-hydrogen) atoms. The number of nitrogens with zero attached hydrogens (tertiary/aromatic N) is 1. The molecule has 0 aliphatic rings. The van der Waals surface area contributed by atoms with E-state index in [1.165, 1.54) is 5.56 Å². The van der Waals surface area contributed by atoms with E-state index in [1.54, 1.807) is 14.2 Å². The summed E-state index contributed by atoms with van der Waals surface area (Å²) in [4.78, 5) is 4.27. The number of rotatable bonds is 10. The van der Waals surface area contributed by atoms with Gasteiger partial charge in [-0.3, -0.25) is 4.99 Å². The van der Waals surface area contributed by atoms with Crippen LogP contribution in [-0.4, -0.2) is 46.0 Å². The molecule has 0 radical (unpaired) electrons. The molecule has 0 saturated carbocycles. The normalized spacial score (nSPS) is 11.9. The summed E-state index contributed by atoms with van der Waals surface area (Å²) in [7, 11) is 3.42. The van der Waals surface area contributed by atoms with Crippen LogP contribution in [0, 0.1) is 6.92 Å². The molecule has 0 saturated heterocycles. The summed E-state index contributed by atoms with van der Waals surface area (Å²) in [6.07, 6.45) is 0.0119. The van der Waals surface area contributed by atoms with Gasteiger partial charge in [-0.2, -0.15) is 0 Å². The summed E-state index contributed by atoms with van der Waals surface area (Å²) in [6.45, 7) is 6.49. The third-order valence-corrected chi connectivity index (χ3v) is 4.02. The molecule has 0 heterocycles. The van der Waals surface area contributed by atoms with Crippen molar-refractivity contribution in [3.05, 3.63) is 59.7 Å². The Morgan fingerprint density at radius 2 is 1.79 bits per heavy atom. The molecule has 0 aromatic heterocycles. The number of guanidine groups is 1. The zero-order valence-corrected chi connectivity index (χ0v) is 19.9. The monoisotopic (exact) mass is 513 g/mol. The van der Waals surface area contributed by atoms with E-state index in [1.807, 2.05) is 49.4 Å². The van der Waals surface area contributed by atoms with Crippen molar-refractivity contribution >= 4 is 29.9 Å². The summed E-state index contributed by atoms with van der Waals surface area (Å²) in [6, 6.07) is 16.0. The van der Waals surface area contributed by atoms with Gasteiger partial charge in [-0.05, 0) is 49.2 Å². The number of aryl methyl sites for hydroxylation is 1. The molecule has 2 N–H and O–H groups in total. The summed E-state index contributed by atoms with van der Waals surface area (Å²) >= 11 is 0. The van der Waals surface area contributed by atoms with Crippen LogP contribution >= 0.6 is 24.0 Å². The zero-order valence-electron chi connectivity index (χ0n) is 17.6. The summed E-state index contributed by atoms with van der Waals surface area (Å²) < 4.78 is 16.6. The smallest absolute Gasteiger partial charge is 0.191 e. The predicted molar refractivity (Wildman–Crippen MR) is 129 cm³/mol. The van der Waals surface area contributed by atoms with Crippen LogP contribution < -0.4 is 20.1 Å². The second kappa shape index (κ2) is 14.1. The van der Waals surface area contributed by atoms with E-state index in [4.69, 9.17) is 14.2 Å². The molecule has 0 aliphatic carbocycles. The van der Waals surface area contributed by atoms with Crippen LogP contribution in [0.5, 0.6) is 11.5 Å². The molecule has 2 rings (SSSR count). The average molecular weight is 513 g/mol. The van der Waals surface area contributed by atoms with Gasteiger partial charge in [0.2, 0.25) is 0 Å². The van der Waals surface area contributed by atoms with E-state index in [0.29, 0.717) is 26.3 Å². The van der Waals surface area contributed by atoms with E-state index < -0.39 is 0 Å². The minimum absolute atomic E-state index is 0. The fourth-order valence-corrected chi connectivity index (χ4v) is 2.60. The summed E-state index contributed by atoms with van der Waals surface area (Å²) in [5, 5.41) is 6.61. The number of aliphatic imine (C=N–C) groups is 1. The fourth-order valence-electron chi connectivity index (χ4n) is 2.60. The maximum absolute atomic E-state index is 5.94. The number of nitrogens with one attached hydrogen (secondary N) is 2. The standard InChI is InChI=1S/C22H31N3O3.HI/c1-17-7-5-10-21(13-17)28-18(2)15-24-22(23-3)25-16-19-8-6-9-20(14-19)27-12-11-26-4;/h5-10,13-14,18H,11-12,15-16H2,1-4H3,(H2,23,24,25);1H. The third kappa shape index (κ3) is 9.85. The van der Waals surface area contributed by atoms with Crippen LogP contribution in [0.1, 0.15) is 18.1 Å². The highest BCUT2D eigenvalue weighted by Crippen LogP contribution is 2.14. The van der Waals surface area contributed by atoms with Gasteiger partial charge in [0.05, 0.1) is 13.2 Å². The fraction of sp³-hybridized carbons (Fsp3) is 0.409. The molecule has 0 aliphatic heterocycles. The molecule has 0 amide bonds. The molecule has 0 spiro atoms. The Morgan fingerprint density at radius 3 is 2.52 bits per heavy atom. The van der Waals surface area contributed by atoms with Crippen molar-refractivity contribution in [2.75, 3.05) is 33.9 Å². The lowest BCUT2D eigenvalue weighted by Crippen LogP contribution is -2.41. The second-order valence-electron chi connectivity index (χ2n) is 6.54. The quantitative estimate of drug-likeness (QED) is 0.219. The summed E-state index contributed by atoms with van der Waals surface area (Å²) in [5.41, 5.74) is 2.30. The number of hydrogen-bond acceptors (Lipinski definition) is 4. The Bertz CT molecular complexity index is 756. The van der Waals surface area contributed by atoms with Crippen LogP contribution in [0.2, 0.25) is 0 Å². The maximum atomic E-state index is 5.94. The molecule has 2 aromatic rings. The van der Waals surface area contributed by atoms with E-state index in [9.17, 15) is 0 Å². The Hall–Kier alpha value is -2.00. The number of ether oxygens (including phenoxy) is 3. The van der Waals surface area contributed by atoms with Gasteiger partial charge in [-0.25, -0.2) is 0 Å². The third-order valence-electron chi connectivity index (χ3n) is 4.02. The van der Waals surface area contributed by atoms with Gasteiger partial charge >= 0.3 is 0 Å². The Balaban J connectivity index is 0.00000420. The second-order valence-corrected chi connectivity index (χ2v) is 6.54. The Labute approximate surface area is 191 Å². The molecule has 0 bridgehead atoms. The first kappa shape index (κ1) is 25.0. The highest BCUT2D eigenvalue weighted by Gasteiger charge is 2.06. The highest BCUT2D eigenvalue weighted by atomic mass is 127. The van der Waals surface area contributed by atoms with Crippen molar-refractivity contribution in [1.29, 1.82) is 0 Å². The highest BCUT2D eigenvalue weighted by molar-refractivity contribution is 14.0. The van der Waals surface area contributed by atoms with Gasteiger partial charge in [-0.1, -0.05) is 24.3 Å². The lowest BCUT2D eigenvalue weighted by atomic mass is 10.2. The van der Waals surface area contributed by atoms with Crippen LogP contribution in [-0.2, 0) is 11.3 Å². The van der Waals surface area contributed by atoms with Crippen LogP contribution in [0.4, 0.5) is 0 Å². The lowest BCUT2D eigenvalue weighted by molar-refractivity contribution is 0.146. The van der Waals surface area contributed by atoms with Crippen molar-refractivity contribution in [2.24, 2.45) is 4.99 Å². The van der Waals surface area contributed by atoms with E-state index in [0.717, 1.165) is 23.0 Å². The van der Waals surface area contributed by atoms with Gasteiger partial charge in [0, 0.05) is 20.7 Å². The number of hydrogen-bond donors (Lipinski definition) is 2. The topological polar surface area (TPSA) is 64.1 Å². The van der Waals surface area contributed by atoms with E-state index in [2.05, 4.69) is 28.6 Å². The SMILES string of the molecule is CN=C(NCc1cccc(OCCOC)c1)NCC(C)Oc1cccc(C)c1.I.